The van der Waals surface area contributed by atoms with Crippen LogP contribution in [0.3, 0.4) is 0 Å². The summed E-state index contributed by atoms with van der Waals surface area (Å²) in [6.45, 7) is 0. The molecule has 0 fully saturated rings. The van der Waals surface area contributed by atoms with Crippen molar-refractivity contribution < 1.29 is 13.7 Å². The average molecular weight is 336 g/mol. The maximum absolute atomic E-state index is 13.0. The van der Waals surface area contributed by atoms with Crippen molar-refractivity contribution in [2.75, 3.05) is 7.11 Å². The zero-order chi connectivity index (χ0) is 17.2. The molecular weight excluding hydrogens is 323 g/mol. The minimum atomic E-state index is -0.316. The number of hydrogen-bond donors (Lipinski definition) is 1. The highest BCUT2D eigenvalue weighted by atomic mass is 19.1. The van der Waals surface area contributed by atoms with E-state index in [9.17, 15) is 4.39 Å². The Morgan fingerprint density at radius 1 is 1.04 bits per heavy atom. The molecule has 0 radical (unpaired) electrons. The fourth-order valence-electron chi connectivity index (χ4n) is 2.41. The topological polar surface area (TPSA) is 76.8 Å². The van der Waals surface area contributed by atoms with Gasteiger partial charge in [-0.05, 0) is 42.5 Å². The Morgan fingerprint density at radius 2 is 1.88 bits per heavy atom. The summed E-state index contributed by atoms with van der Waals surface area (Å²) >= 11 is 0. The number of aromatic amines is 1. The van der Waals surface area contributed by atoms with Gasteiger partial charge in [-0.3, -0.25) is 5.10 Å². The van der Waals surface area contributed by atoms with Gasteiger partial charge in [0, 0.05) is 11.1 Å². The predicted octanol–water partition coefficient (Wildman–Crippen LogP) is 3.94. The first-order chi connectivity index (χ1) is 12.2. The summed E-state index contributed by atoms with van der Waals surface area (Å²) in [7, 11) is 1.62. The van der Waals surface area contributed by atoms with Gasteiger partial charge in [-0.25, -0.2) is 4.39 Å². The minimum absolute atomic E-state index is 0.306. The largest absolute Gasteiger partial charge is 0.497 e. The normalized spacial score (nSPS) is 10.8. The summed E-state index contributed by atoms with van der Waals surface area (Å²) < 4.78 is 23.5. The van der Waals surface area contributed by atoms with Crippen molar-refractivity contribution in [2.45, 2.75) is 0 Å². The summed E-state index contributed by atoms with van der Waals surface area (Å²) in [6.07, 6.45) is 0. The van der Waals surface area contributed by atoms with Crippen LogP contribution < -0.4 is 4.74 Å². The Kier molecular flexibility index (Phi) is 3.74. The van der Waals surface area contributed by atoms with Gasteiger partial charge in [0.25, 0.3) is 5.89 Å². The van der Waals surface area contributed by atoms with E-state index in [2.05, 4.69) is 20.3 Å². The number of nitrogens with one attached hydrogen (secondary N) is 1. The van der Waals surface area contributed by atoms with E-state index < -0.39 is 0 Å². The first-order valence-corrected chi connectivity index (χ1v) is 7.53. The molecule has 7 heteroatoms. The Labute approximate surface area is 142 Å². The molecule has 2 heterocycles. The Hall–Kier alpha value is -3.48. The molecule has 2 aromatic carbocycles. The van der Waals surface area contributed by atoms with Crippen molar-refractivity contribution in [2.24, 2.45) is 0 Å². The number of aromatic nitrogens is 4. The number of H-pyrrole nitrogens is 1. The van der Waals surface area contributed by atoms with Crippen molar-refractivity contribution in [1.82, 2.24) is 20.3 Å². The van der Waals surface area contributed by atoms with E-state index in [0.29, 0.717) is 23.0 Å². The average Bonchev–Trinajstić information content (AvgIpc) is 3.32. The van der Waals surface area contributed by atoms with Gasteiger partial charge in [0.15, 0.2) is 0 Å². The smallest absolute Gasteiger partial charge is 0.276 e. The Morgan fingerprint density at radius 3 is 2.68 bits per heavy atom. The van der Waals surface area contributed by atoms with Crippen LogP contribution in [0, 0.1) is 5.82 Å². The summed E-state index contributed by atoms with van der Waals surface area (Å²) in [6, 6.07) is 15.3. The van der Waals surface area contributed by atoms with Crippen LogP contribution >= 0.6 is 0 Å². The van der Waals surface area contributed by atoms with E-state index >= 15 is 0 Å². The second kappa shape index (κ2) is 6.20. The molecule has 0 unspecified atom stereocenters. The van der Waals surface area contributed by atoms with Crippen molar-refractivity contribution in [3.8, 4) is 40.0 Å². The third kappa shape index (κ3) is 2.99. The zero-order valence-corrected chi connectivity index (χ0v) is 13.2. The van der Waals surface area contributed by atoms with Crippen molar-refractivity contribution in [3.05, 3.63) is 60.4 Å². The van der Waals surface area contributed by atoms with Crippen LogP contribution in [-0.2, 0) is 0 Å². The van der Waals surface area contributed by atoms with Gasteiger partial charge < -0.3 is 9.26 Å². The highest BCUT2D eigenvalue weighted by Crippen LogP contribution is 2.26. The lowest BCUT2D eigenvalue weighted by molar-refractivity contribution is 0.415. The van der Waals surface area contributed by atoms with Crippen LogP contribution in [0.25, 0.3) is 34.2 Å². The van der Waals surface area contributed by atoms with E-state index in [0.717, 1.165) is 17.0 Å². The third-order valence-electron chi connectivity index (χ3n) is 3.70. The third-order valence-corrected chi connectivity index (χ3v) is 3.70. The summed E-state index contributed by atoms with van der Waals surface area (Å²) in [5.41, 5.74) is 2.90. The number of halogens is 1. The van der Waals surface area contributed by atoms with Crippen LogP contribution in [-0.4, -0.2) is 27.4 Å². The lowest BCUT2D eigenvalue weighted by atomic mass is 10.1. The molecule has 4 rings (SSSR count). The van der Waals surface area contributed by atoms with Gasteiger partial charge in [0.2, 0.25) is 5.82 Å². The molecule has 0 bridgehead atoms. The van der Waals surface area contributed by atoms with E-state index in [1.165, 1.54) is 12.1 Å². The molecule has 25 heavy (non-hydrogen) atoms. The van der Waals surface area contributed by atoms with Crippen LogP contribution in [0.15, 0.2) is 59.1 Å². The van der Waals surface area contributed by atoms with Gasteiger partial charge in [-0.1, -0.05) is 17.3 Å². The van der Waals surface area contributed by atoms with Crippen LogP contribution in [0.4, 0.5) is 4.39 Å². The molecule has 0 saturated heterocycles. The van der Waals surface area contributed by atoms with Gasteiger partial charge in [0.1, 0.15) is 17.3 Å². The molecule has 6 nitrogen and oxygen atoms in total. The quantitative estimate of drug-likeness (QED) is 0.611. The van der Waals surface area contributed by atoms with E-state index in [1.54, 1.807) is 19.2 Å². The molecular formula is C18H13FN4O2. The molecule has 0 aliphatic rings. The maximum atomic E-state index is 13.0. The number of rotatable bonds is 4. The van der Waals surface area contributed by atoms with Crippen molar-refractivity contribution >= 4 is 0 Å². The number of methoxy groups -OCH3 is 1. The van der Waals surface area contributed by atoms with E-state index in [4.69, 9.17) is 9.26 Å². The molecule has 0 atom stereocenters. The van der Waals surface area contributed by atoms with Gasteiger partial charge in [-0.15, -0.1) is 0 Å². The van der Waals surface area contributed by atoms with Crippen LogP contribution in [0.2, 0.25) is 0 Å². The fraction of sp³-hybridized carbons (Fsp3) is 0.0556. The highest BCUT2D eigenvalue weighted by molar-refractivity contribution is 5.66. The second-order valence-electron chi connectivity index (χ2n) is 5.33. The summed E-state index contributed by atoms with van der Waals surface area (Å²) in [4.78, 5) is 4.32. The first-order valence-electron chi connectivity index (χ1n) is 7.53. The SMILES string of the molecule is COc1cccc(-c2cc(-c3nc(-c4ccc(F)cc4)no3)[nH]n2)c1. The number of nitrogens with zero attached hydrogens (tertiary/aromatic N) is 3. The highest BCUT2D eigenvalue weighted by Gasteiger charge is 2.14. The van der Waals surface area contributed by atoms with Gasteiger partial charge >= 0.3 is 0 Å². The molecule has 0 aliphatic carbocycles. The summed E-state index contributed by atoms with van der Waals surface area (Å²) in [5.74, 6) is 1.12. The van der Waals surface area contributed by atoms with Crippen LogP contribution in [0.5, 0.6) is 5.75 Å². The molecule has 2 aromatic heterocycles. The second-order valence-corrected chi connectivity index (χ2v) is 5.33. The Bertz CT molecular complexity index is 1010. The van der Waals surface area contributed by atoms with Crippen molar-refractivity contribution in [1.29, 1.82) is 0 Å². The lowest BCUT2D eigenvalue weighted by Gasteiger charge is -2.00. The predicted molar refractivity (Wildman–Crippen MR) is 89.3 cm³/mol. The van der Waals surface area contributed by atoms with E-state index in [-0.39, 0.29) is 5.82 Å². The maximum Gasteiger partial charge on any atom is 0.276 e. The fourth-order valence-corrected chi connectivity index (χ4v) is 2.41. The monoisotopic (exact) mass is 336 g/mol. The molecule has 4 aromatic rings. The molecule has 0 spiro atoms. The molecule has 124 valence electrons. The zero-order valence-electron chi connectivity index (χ0n) is 13.2. The lowest BCUT2D eigenvalue weighted by Crippen LogP contribution is -1.83. The molecule has 0 amide bonds. The molecule has 0 aliphatic heterocycles. The van der Waals surface area contributed by atoms with E-state index in [1.807, 2.05) is 30.3 Å². The molecule has 1 N–H and O–H groups in total. The molecule has 0 saturated carbocycles. The van der Waals surface area contributed by atoms with Gasteiger partial charge in [-0.2, -0.15) is 10.1 Å². The first kappa shape index (κ1) is 15.1. The standard InChI is InChI=1S/C18H13FN4O2/c1-24-14-4-2-3-12(9-14)15-10-16(22-21-15)18-20-17(23-25-18)11-5-7-13(19)8-6-11/h2-10H,1H3,(H,21,22). The van der Waals surface area contributed by atoms with Crippen LogP contribution in [0.1, 0.15) is 0 Å². The summed E-state index contributed by atoms with van der Waals surface area (Å²) in [5, 5.41) is 11.1. The minimum Gasteiger partial charge on any atom is -0.497 e. The number of ether oxygens (including phenoxy) is 1. The van der Waals surface area contributed by atoms with Crippen molar-refractivity contribution in [3.63, 3.8) is 0 Å². The number of benzene rings is 2. The van der Waals surface area contributed by atoms with Gasteiger partial charge in [0.05, 0.1) is 12.8 Å². The number of hydrogen-bond acceptors (Lipinski definition) is 5. The Balaban J connectivity index is 1.63.